The summed E-state index contributed by atoms with van der Waals surface area (Å²) in [5.74, 6) is -0.181. The van der Waals surface area contributed by atoms with E-state index in [0.717, 1.165) is 30.5 Å². The number of halogens is 1. The van der Waals surface area contributed by atoms with E-state index in [9.17, 15) is 9.59 Å². The van der Waals surface area contributed by atoms with Crippen LogP contribution in [-0.2, 0) is 13.0 Å². The number of para-hydroxylation sites is 1. The summed E-state index contributed by atoms with van der Waals surface area (Å²) in [6.45, 7) is 1.08. The van der Waals surface area contributed by atoms with Gasteiger partial charge in [0.05, 0.1) is 0 Å². The smallest absolute Gasteiger partial charge is 0.326 e. The number of aryl methyl sites for hydroxylation is 1. The van der Waals surface area contributed by atoms with Crippen LogP contribution in [0.5, 0.6) is 0 Å². The number of hydrogen-bond acceptors (Lipinski definition) is 2. The zero-order chi connectivity index (χ0) is 21.6. The summed E-state index contributed by atoms with van der Waals surface area (Å²) in [5.41, 5.74) is 4.28. The van der Waals surface area contributed by atoms with Crippen LogP contribution in [0.25, 0.3) is 0 Å². The second kappa shape index (κ2) is 9.67. The van der Waals surface area contributed by atoms with Crippen LogP contribution in [0.1, 0.15) is 34.3 Å². The molecule has 1 aliphatic heterocycles. The van der Waals surface area contributed by atoms with Crippen molar-refractivity contribution in [2.45, 2.75) is 25.8 Å². The van der Waals surface area contributed by atoms with Crippen molar-refractivity contribution in [3.05, 3.63) is 94.5 Å². The monoisotopic (exact) mass is 433 g/mol. The third kappa shape index (κ3) is 5.25. The van der Waals surface area contributed by atoms with Gasteiger partial charge in [0.1, 0.15) is 0 Å². The van der Waals surface area contributed by atoms with Crippen molar-refractivity contribution in [2.75, 3.05) is 16.8 Å². The van der Waals surface area contributed by atoms with Gasteiger partial charge in [-0.15, -0.1) is 0 Å². The average Bonchev–Trinajstić information content (AvgIpc) is 3.01. The fourth-order valence-corrected chi connectivity index (χ4v) is 3.94. The van der Waals surface area contributed by atoms with Crippen LogP contribution >= 0.6 is 11.6 Å². The Hall–Kier alpha value is -3.31. The molecule has 0 bridgehead atoms. The summed E-state index contributed by atoms with van der Waals surface area (Å²) >= 11 is 5.98. The van der Waals surface area contributed by atoms with Gasteiger partial charge in [-0.2, -0.15) is 0 Å². The van der Waals surface area contributed by atoms with Gasteiger partial charge in [-0.05, 0) is 72.9 Å². The topological polar surface area (TPSA) is 61.4 Å². The molecule has 0 unspecified atom stereocenters. The van der Waals surface area contributed by atoms with E-state index in [1.165, 1.54) is 5.56 Å². The Bertz CT molecular complexity index is 1080. The van der Waals surface area contributed by atoms with Crippen LogP contribution in [-0.4, -0.2) is 18.5 Å². The van der Waals surface area contributed by atoms with Gasteiger partial charge in [-0.3, -0.25) is 9.69 Å². The van der Waals surface area contributed by atoms with Crippen LogP contribution in [0.2, 0.25) is 5.02 Å². The molecule has 0 atom stereocenters. The zero-order valence-corrected chi connectivity index (χ0v) is 17.9. The van der Waals surface area contributed by atoms with Gasteiger partial charge in [0.2, 0.25) is 0 Å². The Morgan fingerprint density at radius 1 is 0.935 bits per heavy atom. The van der Waals surface area contributed by atoms with Crippen LogP contribution < -0.4 is 15.5 Å². The van der Waals surface area contributed by atoms with Gasteiger partial charge < -0.3 is 10.6 Å². The molecule has 3 aromatic rings. The van der Waals surface area contributed by atoms with Crippen molar-refractivity contribution in [3.63, 3.8) is 0 Å². The number of carbonyl (C=O) groups is 2. The van der Waals surface area contributed by atoms with E-state index in [1.807, 2.05) is 36.4 Å². The molecule has 3 amide bonds. The number of rotatable bonds is 4. The van der Waals surface area contributed by atoms with Crippen molar-refractivity contribution in [2.24, 2.45) is 0 Å². The summed E-state index contributed by atoms with van der Waals surface area (Å²) in [5, 5.41) is 6.47. The molecule has 0 saturated heterocycles. The Labute approximate surface area is 187 Å². The summed E-state index contributed by atoms with van der Waals surface area (Å²) in [4.78, 5) is 27.1. The summed E-state index contributed by atoms with van der Waals surface area (Å²) in [7, 11) is 0. The Morgan fingerprint density at radius 2 is 1.74 bits per heavy atom. The Morgan fingerprint density at radius 3 is 2.55 bits per heavy atom. The molecule has 2 N–H and O–H groups in total. The second-order valence-electron chi connectivity index (χ2n) is 7.56. The first-order valence-corrected chi connectivity index (χ1v) is 10.8. The molecule has 0 fully saturated rings. The van der Waals surface area contributed by atoms with Gasteiger partial charge in [-0.25, -0.2) is 4.79 Å². The predicted molar refractivity (Wildman–Crippen MR) is 125 cm³/mol. The molecular weight excluding hydrogens is 410 g/mol. The predicted octanol–water partition coefficient (Wildman–Crippen LogP) is 5.64. The quantitative estimate of drug-likeness (QED) is 0.558. The standard InChI is InChI=1S/C25H24ClN3O2/c26-21-9-5-6-18(16-21)17-27-24(30)20-11-13-22(14-12-20)28-25(31)29-15-4-3-8-19-7-1-2-10-23(19)29/h1-2,5-7,9-14,16H,3-4,8,15,17H2,(H,27,30)(H,28,31). The molecular formula is C25H24ClN3O2. The lowest BCUT2D eigenvalue weighted by molar-refractivity contribution is 0.0951. The molecule has 5 nitrogen and oxygen atoms in total. The Kier molecular flexibility index (Phi) is 6.53. The van der Waals surface area contributed by atoms with E-state index in [-0.39, 0.29) is 11.9 Å². The minimum Gasteiger partial charge on any atom is -0.348 e. The van der Waals surface area contributed by atoms with Gasteiger partial charge in [0.25, 0.3) is 5.91 Å². The number of carbonyl (C=O) groups excluding carboxylic acids is 2. The lowest BCUT2D eigenvalue weighted by Crippen LogP contribution is -2.35. The first kappa shape index (κ1) is 20.9. The SMILES string of the molecule is O=C(NCc1cccc(Cl)c1)c1ccc(NC(=O)N2CCCCc3ccccc32)cc1. The molecule has 158 valence electrons. The molecule has 0 spiro atoms. The highest BCUT2D eigenvalue weighted by atomic mass is 35.5. The van der Waals surface area contributed by atoms with Gasteiger partial charge in [-0.1, -0.05) is 41.9 Å². The van der Waals surface area contributed by atoms with Crippen molar-refractivity contribution in [3.8, 4) is 0 Å². The van der Waals surface area contributed by atoms with Crippen molar-refractivity contribution < 1.29 is 9.59 Å². The number of urea groups is 1. The van der Waals surface area contributed by atoms with E-state index in [4.69, 9.17) is 11.6 Å². The highest BCUT2D eigenvalue weighted by Gasteiger charge is 2.21. The van der Waals surface area contributed by atoms with Gasteiger partial charge in [0.15, 0.2) is 0 Å². The number of amides is 3. The van der Waals surface area contributed by atoms with E-state index in [2.05, 4.69) is 16.7 Å². The van der Waals surface area contributed by atoms with Crippen LogP contribution in [0.4, 0.5) is 16.2 Å². The molecule has 6 heteroatoms. The Balaban J connectivity index is 1.38. The maximum Gasteiger partial charge on any atom is 0.326 e. The first-order valence-electron chi connectivity index (χ1n) is 10.4. The molecule has 0 aromatic heterocycles. The minimum atomic E-state index is -0.181. The molecule has 0 saturated carbocycles. The molecule has 3 aromatic carbocycles. The molecule has 0 radical (unpaired) electrons. The fraction of sp³-hybridized carbons (Fsp3) is 0.200. The van der Waals surface area contributed by atoms with Crippen molar-refractivity contribution in [1.29, 1.82) is 0 Å². The summed E-state index contributed by atoms with van der Waals surface area (Å²) in [6, 6.07) is 22.2. The largest absolute Gasteiger partial charge is 0.348 e. The number of anilines is 2. The zero-order valence-electron chi connectivity index (χ0n) is 17.1. The van der Waals surface area contributed by atoms with Crippen LogP contribution in [0, 0.1) is 0 Å². The second-order valence-corrected chi connectivity index (χ2v) is 7.99. The van der Waals surface area contributed by atoms with E-state index in [1.54, 1.807) is 35.2 Å². The van der Waals surface area contributed by atoms with Gasteiger partial charge in [0, 0.05) is 35.1 Å². The van der Waals surface area contributed by atoms with E-state index >= 15 is 0 Å². The third-order valence-corrected chi connectivity index (χ3v) is 5.58. The maximum absolute atomic E-state index is 12.9. The number of benzene rings is 3. The molecule has 4 rings (SSSR count). The average molecular weight is 434 g/mol. The highest BCUT2D eigenvalue weighted by Crippen LogP contribution is 2.26. The van der Waals surface area contributed by atoms with Crippen LogP contribution in [0.15, 0.2) is 72.8 Å². The van der Waals surface area contributed by atoms with E-state index in [0.29, 0.717) is 29.4 Å². The van der Waals surface area contributed by atoms with Gasteiger partial charge >= 0.3 is 6.03 Å². The van der Waals surface area contributed by atoms with Crippen molar-refractivity contribution in [1.82, 2.24) is 5.32 Å². The third-order valence-electron chi connectivity index (χ3n) is 5.35. The van der Waals surface area contributed by atoms with E-state index < -0.39 is 0 Å². The molecule has 1 heterocycles. The molecule has 0 aliphatic carbocycles. The lowest BCUT2D eigenvalue weighted by Gasteiger charge is -2.23. The molecule has 31 heavy (non-hydrogen) atoms. The van der Waals surface area contributed by atoms with Crippen molar-refractivity contribution >= 4 is 34.9 Å². The number of hydrogen-bond donors (Lipinski definition) is 2. The fourth-order valence-electron chi connectivity index (χ4n) is 3.73. The number of nitrogens with one attached hydrogen (secondary N) is 2. The lowest BCUT2D eigenvalue weighted by atomic mass is 10.1. The molecule has 1 aliphatic rings. The number of fused-ring (bicyclic) bond motifs is 1. The normalized spacial score (nSPS) is 13.1. The summed E-state index contributed by atoms with van der Waals surface area (Å²) < 4.78 is 0. The maximum atomic E-state index is 12.9. The first-order chi connectivity index (χ1) is 15.1. The minimum absolute atomic E-state index is 0.160. The highest BCUT2D eigenvalue weighted by molar-refractivity contribution is 6.30. The summed E-state index contributed by atoms with van der Waals surface area (Å²) in [6.07, 6.45) is 3.02. The number of nitrogens with zero attached hydrogens (tertiary/aromatic N) is 1. The van der Waals surface area contributed by atoms with Crippen LogP contribution in [0.3, 0.4) is 0 Å².